The van der Waals surface area contributed by atoms with Crippen LogP contribution in [0.15, 0.2) is 42.3 Å². The standard InChI is InChI=1S/C27H29F3NSSi.C13H24O2.Ir/c1-15(2)10-18-8-9-20-22-21(33(5,6)7)14-31-24(19-12-16(3)11-17(4)13-19)26(22)32-25(20)23(18)27(28,29)30;1-5-10(6-2)12(14)9-13(15)11(7-3)8-4;/h8-9,11-12,14-15H,10H2,1-7H3;9-11,14H,5-8H2,1-4H3;/q-1;;/b;12-9-;. The van der Waals surface area contributed by atoms with Gasteiger partial charge in [-0.3, -0.25) is 4.79 Å². The van der Waals surface area contributed by atoms with Crippen LogP contribution in [-0.2, 0) is 37.5 Å². The summed E-state index contributed by atoms with van der Waals surface area (Å²) < 4.78 is 44.4. The van der Waals surface area contributed by atoms with E-state index in [1.807, 2.05) is 79.8 Å². The maximum absolute atomic E-state index is 14.4. The molecule has 1 radical (unpaired) electrons. The Labute approximate surface area is 310 Å². The minimum absolute atomic E-state index is 0. The number of thiophene rings is 1. The predicted octanol–water partition coefficient (Wildman–Crippen LogP) is 12.2. The molecule has 0 spiro atoms. The van der Waals surface area contributed by atoms with Gasteiger partial charge in [-0.2, -0.15) is 13.2 Å². The number of nitrogens with zero attached hydrogens (tertiary/aromatic N) is 1. The molecule has 1 N–H and O–H groups in total. The van der Waals surface area contributed by atoms with Gasteiger partial charge in [0.15, 0.2) is 5.78 Å². The van der Waals surface area contributed by atoms with Crippen LogP contribution in [0.3, 0.4) is 0 Å². The van der Waals surface area contributed by atoms with Crippen LogP contribution in [0.2, 0.25) is 19.6 Å². The summed E-state index contributed by atoms with van der Waals surface area (Å²) in [7, 11) is -1.87. The van der Waals surface area contributed by atoms with Crippen molar-refractivity contribution in [1.82, 2.24) is 4.98 Å². The van der Waals surface area contributed by atoms with E-state index in [2.05, 4.69) is 25.7 Å². The number of hydrogen-bond acceptors (Lipinski definition) is 4. The third kappa shape index (κ3) is 10.4. The Kier molecular flexibility index (Phi) is 15.5. The fourth-order valence-electron chi connectivity index (χ4n) is 6.37. The molecule has 2 heterocycles. The van der Waals surface area contributed by atoms with Crippen LogP contribution in [0.25, 0.3) is 31.4 Å². The van der Waals surface area contributed by atoms with Gasteiger partial charge in [-0.1, -0.05) is 87.2 Å². The third-order valence-corrected chi connectivity index (χ3v) is 12.2. The van der Waals surface area contributed by atoms with E-state index in [9.17, 15) is 23.1 Å². The van der Waals surface area contributed by atoms with E-state index in [4.69, 9.17) is 4.98 Å². The molecule has 271 valence electrons. The van der Waals surface area contributed by atoms with Crippen LogP contribution < -0.4 is 5.19 Å². The zero-order valence-corrected chi connectivity index (χ0v) is 35.1. The maximum atomic E-state index is 14.4. The van der Waals surface area contributed by atoms with Crippen molar-refractivity contribution in [2.24, 2.45) is 17.8 Å². The number of allylic oxidation sites excluding steroid dienone is 2. The second kappa shape index (κ2) is 17.7. The summed E-state index contributed by atoms with van der Waals surface area (Å²) in [5.74, 6) is 0.684. The van der Waals surface area contributed by atoms with E-state index < -0.39 is 19.8 Å². The zero-order chi connectivity index (χ0) is 36.1. The summed E-state index contributed by atoms with van der Waals surface area (Å²) in [6, 6.07) is 11.0. The van der Waals surface area contributed by atoms with Gasteiger partial charge in [-0.05, 0) is 54.2 Å². The molecule has 49 heavy (non-hydrogen) atoms. The maximum Gasteiger partial charge on any atom is 0.418 e. The largest absolute Gasteiger partial charge is 0.512 e. The Morgan fingerprint density at radius 3 is 2.06 bits per heavy atom. The number of halogens is 3. The Bertz CT molecular complexity index is 1740. The average molecular weight is 889 g/mol. The molecule has 0 aliphatic heterocycles. The zero-order valence-electron chi connectivity index (χ0n) is 30.9. The van der Waals surface area contributed by atoms with Crippen molar-refractivity contribution in [2.75, 3.05) is 0 Å². The molecular formula is C40H53F3IrNO2SSi-. The molecule has 0 saturated carbocycles. The number of pyridine rings is 1. The molecule has 0 aliphatic carbocycles. The monoisotopic (exact) mass is 889 g/mol. The smallest absolute Gasteiger partial charge is 0.418 e. The van der Waals surface area contributed by atoms with E-state index in [1.54, 1.807) is 6.07 Å². The van der Waals surface area contributed by atoms with E-state index >= 15 is 0 Å². The first-order valence-electron chi connectivity index (χ1n) is 17.3. The van der Waals surface area contributed by atoms with E-state index in [0.29, 0.717) is 22.1 Å². The Balaban J connectivity index is 0.000000444. The summed E-state index contributed by atoms with van der Waals surface area (Å²) in [6.45, 7) is 22.6. The molecule has 3 nitrogen and oxygen atoms in total. The molecule has 4 aromatic rings. The molecule has 0 fully saturated rings. The summed E-state index contributed by atoms with van der Waals surface area (Å²) in [5.41, 5.74) is 3.53. The van der Waals surface area contributed by atoms with Gasteiger partial charge < -0.3 is 10.1 Å². The fraction of sp³-hybridized carbons (Fsp3) is 0.500. The number of carbonyl (C=O) groups is 1. The molecular weight excluding hydrogens is 836 g/mol. The number of ketones is 1. The second-order valence-corrected chi connectivity index (χ2v) is 20.5. The number of aryl methyl sites for hydroxylation is 2. The van der Waals surface area contributed by atoms with Crippen molar-refractivity contribution in [1.29, 1.82) is 0 Å². The van der Waals surface area contributed by atoms with Crippen LogP contribution >= 0.6 is 11.3 Å². The first-order chi connectivity index (χ1) is 22.4. The van der Waals surface area contributed by atoms with Crippen LogP contribution in [0.1, 0.15) is 89.5 Å². The number of benzene rings is 2. The molecule has 2 aromatic carbocycles. The normalized spacial score (nSPS) is 12.6. The van der Waals surface area contributed by atoms with Gasteiger partial charge in [0.25, 0.3) is 0 Å². The molecule has 0 amide bonds. The molecule has 0 bridgehead atoms. The Morgan fingerprint density at radius 2 is 1.57 bits per heavy atom. The summed E-state index contributed by atoms with van der Waals surface area (Å²) >= 11 is 1.24. The summed E-state index contributed by atoms with van der Waals surface area (Å²) in [4.78, 5) is 16.5. The number of alkyl halides is 3. The van der Waals surface area contributed by atoms with E-state index in [0.717, 1.165) is 63.3 Å². The van der Waals surface area contributed by atoms with Crippen molar-refractivity contribution >= 4 is 50.6 Å². The molecule has 0 saturated heterocycles. The van der Waals surface area contributed by atoms with Crippen LogP contribution in [0, 0.1) is 37.7 Å². The SMILES string of the molecule is CCC(CC)C(=O)/C=C(\O)C(CC)CC.Cc1[c-]c(-c2ncc([Si](C)(C)C)c3c2sc2c(C(F)(F)F)c(CC(C)C)ccc23)cc(C)c1.[Ir]. The number of carbonyl (C=O) groups excluding carboxylic acids is 1. The third-order valence-electron chi connectivity index (χ3n) is 8.96. The van der Waals surface area contributed by atoms with Crippen molar-refractivity contribution in [3.05, 3.63) is 70.6 Å². The van der Waals surface area contributed by atoms with Gasteiger partial charge in [-0.15, -0.1) is 46.2 Å². The number of rotatable bonds is 11. The van der Waals surface area contributed by atoms with Gasteiger partial charge in [0.1, 0.15) is 0 Å². The first-order valence-corrected chi connectivity index (χ1v) is 21.6. The average Bonchev–Trinajstić information content (AvgIpc) is 3.35. The van der Waals surface area contributed by atoms with Crippen molar-refractivity contribution in [2.45, 2.75) is 113 Å². The molecule has 9 heteroatoms. The van der Waals surface area contributed by atoms with Gasteiger partial charge in [-0.25, -0.2) is 0 Å². The second-order valence-electron chi connectivity index (χ2n) is 14.4. The summed E-state index contributed by atoms with van der Waals surface area (Å²) in [5, 5.41) is 12.5. The van der Waals surface area contributed by atoms with Gasteiger partial charge >= 0.3 is 6.18 Å². The van der Waals surface area contributed by atoms with E-state index in [1.165, 1.54) is 17.4 Å². The number of fused-ring (bicyclic) bond motifs is 3. The molecule has 0 unspecified atom stereocenters. The van der Waals surface area contributed by atoms with Gasteiger partial charge in [0, 0.05) is 64.7 Å². The Morgan fingerprint density at radius 1 is 0.980 bits per heavy atom. The topological polar surface area (TPSA) is 50.2 Å². The Hall–Kier alpha value is -2.32. The minimum atomic E-state index is -4.41. The van der Waals surface area contributed by atoms with Crippen LogP contribution in [0.5, 0.6) is 0 Å². The number of hydrogen-bond donors (Lipinski definition) is 1. The van der Waals surface area contributed by atoms with Gasteiger partial charge in [0.2, 0.25) is 0 Å². The molecule has 2 aromatic heterocycles. The van der Waals surface area contributed by atoms with Gasteiger partial charge in [0.05, 0.1) is 19.4 Å². The first kappa shape index (κ1) is 42.8. The number of aromatic nitrogens is 1. The number of aliphatic hydroxyl groups excluding tert-OH is 1. The predicted molar refractivity (Wildman–Crippen MR) is 201 cm³/mol. The van der Waals surface area contributed by atoms with Crippen LogP contribution in [0.4, 0.5) is 13.2 Å². The minimum Gasteiger partial charge on any atom is -0.512 e. The molecule has 0 atom stereocenters. The fourth-order valence-corrected chi connectivity index (χ4v) is 9.34. The molecule has 4 rings (SSSR count). The van der Waals surface area contributed by atoms with Crippen LogP contribution in [-0.4, -0.2) is 23.9 Å². The van der Waals surface area contributed by atoms with Crippen molar-refractivity contribution < 1.29 is 43.2 Å². The van der Waals surface area contributed by atoms with E-state index in [-0.39, 0.29) is 49.4 Å². The van der Waals surface area contributed by atoms with Crippen molar-refractivity contribution in [3.8, 4) is 11.3 Å². The number of aliphatic hydroxyl groups is 1. The molecule has 0 aliphatic rings. The van der Waals surface area contributed by atoms with Crippen molar-refractivity contribution in [3.63, 3.8) is 0 Å². The quantitative estimate of drug-likeness (QED) is 0.0706. The summed E-state index contributed by atoms with van der Waals surface area (Å²) in [6.07, 6.45) is 2.79.